The molecule has 3 aromatic rings. The van der Waals surface area contributed by atoms with Gasteiger partial charge in [0.15, 0.2) is 5.13 Å². The summed E-state index contributed by atoms with van der Waals surface area (Å²) in [5.74, 6) is -0.725. The van der Waals surface area contributed by atoms with Crippen molar-refractivity contribution in [2.45, 2.75) is 43.7 Å². The molecule has 0 radical (unpaired) electrons. The summed E-state index contributed by atoms with van der Waals surface area (Å²) in [6, 6.07) is 12.7. The second-order valence-corrected chi connectivity index (χ2v) is 11.6. The van der Waals surface area contributed by atoms with Crippen LogP contribution in [0.3, 0.4) is 0 Å². The molecule has 0 aliphatic heterocycles. The number of esters is 1. The Morgan fingerprint density at radius 3 is 2.35 bits per heavy atom. The van der Waals surface area contributed by atoms with Gasteiger partial charge in [0.05, 0.1) is 17.2 Å². The second-order valence-electron chi connectivity index (χ2n) is 9.03. The molecule has 1 atom stereocenters. The minimum atomic E-state index is -4.04. The Morgan fingerprint density at radius 1 is 1.08 bits per heavy atom. The molecule has 0 aliphatic carbocycles. The summed E-state index contributed by atoms with van der Waals surface area (Å²) < 4.78 is 39.0. The molecule has 3 rings (SSSR count). The molecule has 1 heterocycles. The van der Waals surface area contributed by atoms with Gasteiger partial charge in [-0.3, -0.25) is 9.59 Å². The lowest BCUT2D eigenvalue weighted by molar-refractivity contribution is -0.156. The number of carbonyl (C=O) groups is 2. The lowest BCUT2D eigenvalue weighted by atomic mass is 10.2. The highest BCUT2D eigenvalue weighted by Gasteiger charge is 2.30. The van der Waals surface area contributed by atoms with Crippen molar-refractivity contribution in [3.8, 4) is 5.75 Å². The van der Waals surface area contributed by atoms with E-state index < -0.39 is 33.5 Å². The maximum Gasteiger partial charge on any atom is 0.326 e. The Morgan fingerprint density at radius 2 is 1.76 bits per heavy atom. The van der Waals surface area contributed by atoms with Gasteiger partial charge in [0, 0.05) is 23.9 Å². The number of nitrogens with zero attached hydrogens (tertiary/aromatic N) is 1. The lowest BCUT2D eigenvalue weighted by Crippen LogP contribution is -2.50. The van der Waals surface area contributed by atoms with Gasteiger partial charge in [0.25, 0.3) is 5.91 Å². The minimum Gasteiger partial charge on any atom is -0.493 e. The summed E-state index contributed by atoms with van der Waals surface area (Å²) in [6.45, 7) is 5.09. The molecule has 0 saturated carbocycles. The number of anilines is 1. The number of nitrogens with one attached hydrogen (secondary N) is 2. The first kappa shape index (κ1) is 28.1. The van der Waals surface area contributed by atoms with Crippen molar-refractivity contribution in [2.75, 3.05) is 18.9 Å². The number of rotatable bonds is 11. The van der Waals surface area contributed by atoms with Crippen LogP contribution >= 0.6 is 11.3 Å². The van der Waals surface area contributed by atoms with Crippen molar-refractivity contribution in [3.05, 3.63) is 71.2 Å². The first-order valence-electron chi connectivity index (χ1n) is 11.4. The Balaban J connectivity index is 1.61. The standard InChI is InChI=1S/C25H30N4O6S2/c1-25(2,3)35-23(31)21(29-37(32,33)20-7-5-4-6-8-20)15-27-22(30)17-9-11-19(12-10-17)34-14-13-18-16-36-24(26)28-18/h4-12,16,21,29H,13-15H2,1-3H3,(H2,26,28)(H,27,30)/t21-/m0/s1. The van der Waals surface area contributed by atoms with Crippen LogP contribution in [0.1, 0.15) is 36.8 Å². The van der Waals surface area contributed by atoms with Gasteiger partial charge in [-0.05, 0) is 57.2 Å². The van der Waals surface area contributed by atoms with Gasteiger partial charge in [0.1, 0.15) is 17.4 Å². The average Bonchev–Trinajstić information content (AvgIpc) is 3.26. The summed E-state index contributed by atoms with van der Waals surface area (Å²) >= 11 is 1.37. The van der Waals surface area contributed by atoms with E-state index in [1.165, 1.54) is 23.5 Å². The number of aromatic nitrogens is 1. The molecule has 37 heavy (non-hydrogen) atoms. The zero-order chi connectivity index (χ0) is 27.1. The third-order valence-electron chi connectivity index (χ3n) is 4.82. The van der Waals surface area contributed by atoms with E-state index in [4.69, 9.17) is 15.2 Å². The van der Waals surface area contributed by atoms with E-state index in [2.05, 4.69) is 15.0 Å². The van der Waals surface area contributed by atoms with Gasteiger partial charge in [-0.25, -0.2) is 13.4 Å². The number of sulfonamides is 1. The fourth-order valence-electron chi connectivity index (χ4n) is 3.11. The van der Waals surface area contributed by atoms with Crippen LogP contribution in [-0.4, -0.2) is 50.1 Å². The predicted molar refractivity (Wildman–Crippen MR) is 141 cm³/mol. The molecule has 198 valence electrons. The smallest absolute Gasteiger partial charge is 0.326 e. The van der Waals surface area contributed by atoms with Crippen LogP contribution in [0.25, 0.3) is 0 Å². The monoisotopic (exact) mass is 546 g/mol. The number of nitrogen functional groups attached to an aromatic ring is 1. The van der Waals surface area contributed by atoms with Gasteiger partial charge in [-0.15, -0.1) is 11.3 Å². The summed E-state index contributed by atoms with van der Waals surface area (Å²) in [4.78, 5) is 29.6. The first-order chi connectivity index (χ1) is 17.4. The van der Waals surface area contributed by atoms with Gasteiger partial charge in [0.2, 0.25) is 10.0 Å². The number of nitrogens with two attached hydrogens (primary N) is 1. The third kappa shape index (κ3) is 8.85. The Bertz CT molecular complexity index is 1300. The van der Waals surface area contributed by atoms with Crippen molar-refractivity contribution in [1.29, 1.82) is 0 Å². The molecular weight excluding hydrogens is 516 g/mol. The molecular formula is C25H30N4O6S2. The Labute approximate surface area is 220 Å². The Hall–Kier alpha value is -3.48. The number of carbonyl (C=O) groups excluding carboxylic acids is 2. The number of benzene rings is 2. The van der Waals surface area contributed by atoms with Crippen LogP contribution in [0, 0.1) is 0 Å². The fraction of sp³-hybridized carbons (Fsp3) is 0.320. The highest BCUT2D eigenvalue weighted by atomic mass is 32.2. The molecule has 0 unspecified atom stereocenters. The maximum absolute atomic E-state index is 12.8. The largest absolute Gasteiger partial charge is 0.493 e. The summed E-state index contributed by atoms with van der Waals surface area (Å²) in [6.07, 6.45) is 0.598. The molecule has 0 aliphatic rings. The van der Waals surface area contributed by atoms with E-state index in [0.717, 1.165) is 5.69 Å². The van der Waals surface area contributed by atoms with E-state index in [9.17, 15) is 18.0 Å². The molecule has 0 saturated heterocycles. The van der Waals surface area contributed by atoms with E-state index in [0.29, 0.717) is 29.5 Å². The van der Waals surface area contributed by atoms with Crippen LogP contribution in [-0.2, 0) is 26.0 Å². The summed E-state index contributed by atoms with van der Waals surface area (Å²) in [7, 11) is -4.04. The van der Waals surface area contributed by atoms with Gasteiger partial charge in [-0.1, -0.05) is 18.2 Å². The van der Waals surface area contributed by atoms with Crippen molar-refractivity contribution in [2.24, 2.45) is 0 Å². The molecule has 1 amide bonds. The topological polar surface area (TPSA) is 150 Å². The lowest BCUT2D eigenvalue weighted by Gasteiger charge is -2.24. The number of thiazole rings is 1. The van der Waals surface area contributed by atoms with Crippen molar-refractivity contribution in [1.82, 2.24) is 15.0 Å². The number of amides is 1. The van der Waals surface area contributed by atoms with Gasteiger partial charge < -0.3 is 20.5 Å². The van der Waals surface area contributed by atoms with E-state index in [1.807, 2.05) is 5.38 Å². The predicted octanol–water partition coefficient (Wildman–Crippen LogP) is 2.77. The molecule has 12 heteroatoms. The zero-order valence-corrected chi connectivity index (χ0v) is 22.4. The molecule has 0 fully saturated rings. The van der Waals surface area contributed by atoms with Crippen molar-refractivity contribution >= 4 is 38.4 Å². The number of hydrogen-bond acceptors (Lipinski definition) is 9. The quantitative estimate of drug-likeness (QED) is 0.311. The van der Waals surface area contributed by atoms with Crippen molar-refractivity contribution in [3.63, 3.8) is 0 Å². The molecule has 2 aromatic carbocycles. The Kier molecular flexibility index (Phi) is 9.24. The summed E-state index contributed by atoms with van der Waals surface area (Å²) in [5, 5.41) is 4.98. The van der Waals surface area contributed by atoms with Gasteiger partial charge >= 0.3 is 5.97 Å². The van der Waals surface area contributed by atoms with Crippen LogP contribution in [0.5, 0.6) is 5.75 Å². The second kappa shape index (κ2) is 12.2. The average molecular weight is 547 g/mol. The molecule has 10 nitrogen and oxygen atoms in total. The number of hydrogen-bond donors (Lipinski definition) is 3. The minimum absolute atomic E-state index is 0.0104. The van der Waals surface area contributed by atoms with Crippen molar-refractivity contribution < 1.29 is 27.5 Å². The number of ether oxygens (including phenoxy) is 2. The highest BCUT2D eigenvalue weighted by Crippen LogP contribution is 2.16. The van der Waals surface area contributed by atoms with Crippen LogP contribution in [0.4, 0.5) is 5.13 Å². The van der Waals surface area contributed by atoms with E-state index in [-0.39, 0.29) is 11.4 Å². The molecule has 1 aromatic heterocycles. The maximum atomic E-state index is 12.8. The molecule has 0 spiro atoms. The van der Waals surface area contributed by atoms with Crippen LogP contribution in [0.15, 0.2) is 64.9 Å². The fourth-order valence-corrected chi connectivity index (χ4v) is 4.91. The van der Waals surface area contributed by atoms with E-state index in [1.54, 1.807) is 63.2 Å². The van der Waals surface area contributed by atoms with Crippen LogP contribution < -0.4 is 20.5 Å². The SMILES string of the molecule is CC(C)(C)OC(=O)[C@H](CNC(=O)c1ccc(OCCc2csc(N)n2)cc1)NS(=O)(=O)c1ccccc1. The summed E-state index contributed by atoms with van der Waals surface area (Å²) in [5.41, 5.74) is 5.93. The third-order valence-corrected chi connectivity index (χ3v) is 7.03. The highest BCUT2D eigenvalue weighted by molar-refractivity contribution is 7.89. The normalized spacial score (nSPS) is 12.5. The van der Waals surface area contributed by atoms with E-state index >= 15 is 0 Å². The first-order valence-corrected chi connectivity index (χ1v) is 13.8. The molecule has 4 N–H and O–H groups in total. The van der Waals surface area contributed by atoms with Gasteiger partial charge in [-0.2, -0.15) is 4.72 Å². The zero-order valence-electron chi connectivity index (χ0n) is 20.8. The molecule has 0 bridgehead atoms. The van der Waals surface area contributed by atoms with Crippen LogP contribution in [0.2, 0.25) is 0 Å².